The second-order valence-electron chi connectivity index (χ2n) is 5.12. The highest BCUT2D eigenvalue weighted by Gasteiger charge is 2.32. The number of amides is 1. The van der Waals surface area contributed by atoms with Gasteiger partial charge in [0.2, 0.25) is 5.78 Å². The first kappa shape index (κ1) is 19.8. The molecule has 1 N–H and O–H groups in total. The zero-order chi connectivity index (χ0) is 19.5. The largest absolute Gasteiger partial charge is 0.416 e. The summed E-state index contributed by atoms with van der Waals surface area (Å²) in [4.78, 5) is 24.3. The average Bonchev–Trinajstić information content (AvgIpc) is 2.56. The molecule has 26 heavy (non-hydrogen) atoms. The number of rotatable bonds is 4. The number of halogens is 5. The van der Waals surface area contributed by atoms with Crippen molar-refractivity contribution in [1.29, 1.82) is 5.26 Å². The summed E-state index contributed by atoms with van der Waals surface area (Å²) < 4.78 is 38.1. The van der Waals surface area contributed by atoms with Crippen LogP contribution in [-0.4, -0.2) is 11.7 Å². The molecule has 1 amide bonds. The lowest BCUT2D eigenvalue weighted by Crippen LogP contribution is -2.28. The smallest absolute Gasteiger partial charge is 0.319 e. The molecule has 2 aromatic carbocycles. The lowest BCUT2D eigenvalue weighted by atomic mass is 9.95. The van der Waals surface area contributed by atoms with Crippen LogP contribution in [0, 0.1) is 11.3 Å². The Morgan fingerprint density at radius 3 is 2.38 bits per heavy atom. The minimum Gasteiger partial charge on any atom is -0.319 e. The fraction of sp³-hybridized carbons (Fsp3) is 0.118. The molecular formula is C17H9Cl2F3N2O2. The summed E-state index contributed by atoms with van der Waals surface area (Å²) in [6.07, 6.45) is -4.60. The van der Waals surface area contributed by atoms with E-state index in [0.29, 0.717) is 6.07 Å². The van der Waals surface area contributed by atoms with E-state index in [1.165, 1.54) is 24.3 Å². The van der Waals surface area contributed by atoms with Crippen LogP contribution in [0.1, 0.15) is 17.0 Å². The lowest BCUT2D eigenvalue weighted by molar-refractivity contribution is -0.137. The number of nitrogens with zero attached hydrogens (tertiary/aromatic N) is 1. The van der Waals surface area contributed by atoms with Crippen LogP contribution in [0.15, 0.2) is 42.5 Å². The first-order chi connectivity index (χ1) is 12.1. The van der Waals surface area contributed by atoms with Crippen LogP contribution in [0.3, 0.4) is 0 Å². The van der Waals surface area contributed by atoms with Gasteiger partial charge in [-0.3, -0.25) is 9.59 Å². The van der Waals surface area contributed by atoms with Crippen LogP contribution < -0.4 is 5.32 Å². The molecular weight excluding hydrogens is 392 g/mol. The van der Waals surface area contributed by atoms with E-state index in [0.717, 1.165) is 12.1 Å². The van der Waals surface area contributed by atoms with Crippen LogP contribution in [0.4, 0.5) is 18.9 Å². The Balaban J connectivity index is 2.23. The maximum Gasteiger partial charge on any atom is 0.416 e. The number of anilines is 1. The predicted octanol–water partition coefficient (Wildman–Crippen LogP) is 4.83. The van der Waals surface area contributed by atoms with Gasteiger partial charge in [0.1, 0.15) is 5.92 Å². The Labute approximate surface area is 156 Å². The number of nitrogens with one attached hydrogen (secondary N) is 1. The molecule has 0 aromatic heterocycles. The van der Waals surface area contributed by atoms with Gasteiger partial charge in [-0.1, -0.05) is 35.3 Å². The second kappa shape index (κ2) is 7.77. The topological polar surface area (TPSA) is 70.0 Å². The lowest BCUT2D eigenvalue weighted by Gasteiger charge is -2.12. The normalized spacial score (nSPS) is 12.2. The molecule has 0 radical (unpaired) electrons. The maximum absolute atomic E-state index is 12.7. The molecule has 2 rings (SSSR count). The highest BCUT2D eigenvalue weighted by atomic mass is 35.5. The summed E-state index contributed by atoms with van der Waals surface area (Å²) >= 11 is 11.7. The van der Waals surface area contributed by atoms with Gasteiger partial charge >= 0.3 is 6.18 Å². The minimum atomic E-state index is -4.60. The maximum atomic E-state index is 12.7. The van der Waals surface area contributed by atoms with E-state index in [2.05, 4.69) is 5.32 Å². The number of hydrogen-bond acceptors (Lipinski definition) is 3. The fourth-order valence-electron chi connectivity index (χ4n) is 2.10. The molecule has 0 fully saturated rings. The van der Waals surface area contributed by atoms with Gasteiger partial charge in [-0.2, -0.15) is 18.4 Å². The predicted molar refractivity (Wildman–Crippen MR) is 89.9 cm³/mol. The van der Waals surface area contributed by atoms with Crippen molar-refractivity contribution < 1.29 is 22.8 Å². The van der Waals surface area contributed by atoms with Crippen LogP contribution in [0.25, 0.3) is 0 Å². The van der Waals surface area contributed by atoms with Crippen molar-refractivity contribution in [1.82, 2.24) is 0 Å². The molecule has 0 unspecified atom stereocenters. The Morgan fingerprint density at radius 2 is 1.81 bits per heavy atom. The Morgan fingerprint density at radius 1 is 1.12 bits per heavy atom. The molecule has 134 valence electrons. The Kier molecular flexibility index (Phi) is 5.90. The van der Waals surface area contributed by atoms with Gasteiger partial charge in [0.15, 0.2) is 0 Å². The number of nitriles is 1. The van der Waals surface area contributed by atoms with Crippen molar-refractivity contribution in [2.45, 2.75) is 12.1 Å². The van der Waals surface area contributed by atoms with Gasteiger partial charge in [-0.15, -0.1) is 0 Å². The summed E-state index contributed by atoms with van der Waals surface area (Å²) in [5, 5.41) is 11.6. The van der Waals surface area contributed by atoms with E-state index in [4.69, 9.17) is 23.2 Å². The zero-order valence-electron chi connectivity index (χ0n) is 12.8. The quantitative estimate of drug-likeness (QED) is 0.747. The van der Waals surface area contributed by atoms with Crippen molar-refractivity contribution in [2.24, 2.45) is 0 Å². The van der Waals surface area contributed by atoms with Gasteiger partial charge < -0.3 is 5.32 Å². The third-order valence-corrected chi connectivity index (χ3v) is 3.90. The Hall–Kier alpha value is -2.56. The first-order valence-electron chi connectivity index (χ1n) is 7.00. The van der Waals surface area contributed by atoms with E-state index in [-0.39, 0.29) is 21.3 Å². The van der Waals surface area contributed by atoms with Gasteiger partial charge in [0.25, 0.3) is 5.91 Å². The van der Waals surface area contributed by atoms with E-state index >= 15 is 0 Å². The molecule has 2 aromatic rings. The molecule has 0 saturated carbocycles. The van der Waals surface area contributed by atoms with Crippen LogP contribution in [-0.2, 0) is 15.8 Å². The molecule has 4 nitrogen and oxygen atoms in total. The molecule has 0 aliphatic heterocycles. The van der Waals surface area contributed by atoms with E-state index in [9.17, 15) is 28.0 Å². The number of carbonyl (C=O) groups excluding carboxylic acids is 2. The number of carbonyl (C=O) groups is 2. The highest BCUT2D eigenvalue weighted by Crippen LogP contribution is 2.31. The summed E-state index contributed by atoms with van der Waals surface area (Å²) in [6.45, 7) is 0. The number of alkyl halides is 3. The van der Waals surface area contributed by atoms with Crippen LogP contribution in [0.2, 0.25) is 10.0 Å². The van der Waals surface area contributed by atoms with Gasteiger partial charge in [-0.05, 0) is 35.9 Å². The molecule has 9 heteroatoms. The third-order valence-electron chi connectivity index (χ3n) is 3.34. The van der Waals surface area contributed by atoms with E-state index in [1.807, 2.05) is 0 Å². The van der Waals surface area contributed by atoms with Crippen molar-refractivity contribution in [3.8, 4) is 6.07 Å². The van der Waals surface area contributed by atoms with E-state index in [1.54, 1.807) is 6.07 Å². The molecule has 0 bridgehead atoms. The zero-order valence-corrected chi connectivity index (χ0v) is 14.3. The number of ketones is 1. The summed E-state index contributed by atoms with van der Waals surface area (Å²) in [5.41, 5.74) is -1.14. The molecule has 0 saturated heterocycles. The first-order valence-corrected chi connectivity index (χ1v) is 7.76. The summed E-state index contributed by atoms with van der Waals surface area (Å²) in [6, 6.07) is 9.47. The minimum absolute atomic E-state index is 0.0178. The van der Waals surface area contributed by atoms with Gasteiger partial charge in [0.05, 0.1) is 11.6 Å². The second-order valence-corrected chi connectivity index (χ2v) is 5.97. The van der Waals surface area contributed by atoms with Crippen molar-refractivity contribution in [3.63, 3.8) is 0 Å². The SMILES string of the molecule is N#C[C@H](C(=O)C(=O)Nc1cccc(C(F)(F)F)c1)c1ccc(Cl)cc1Cl. The standard InChI is InChI=1S/C17H9Cl2F3N2O2/c18-10-4-5-12(14(19)7-10)13(8-23)15(25)16(26)24-11-3-1-2-9(6-11)17(20,21)22/h1-7,13H,(H,24,26)/t13-/m0/s1. The molecule has 0 aliphatic carbocycles. The molecule has 1 atom stereocenters. The third kappa shape index (κ3) is 4.54. The molecule has 0 spiro atoms. The number of Topliss-reactive ketones (excluding diaryl/α,β-unsaturated/α-hetero) is 1. The van der Waals surface area contributed by atoms with E-state index < -0.39 is 29.3 Å². The summed E-state index contributed by atoms with van der Waals surface area (Å²) in [7, 11) is 0. The monoisotopic (exact) mass is 400 g/mol. The van der Waals surface area contributed by atoms with Crippen LogP contribution >= 0.6 is 23.2 Å². The van der Waals surface area contributed by atoms with Gasteiger partial charge in [-0.25, -0.2) is 0 Å². The summed E-state index contributed by atoms with van der Waals surface area (Å²) in [5.74, 6) is -3.92. The van der Waals surface area contributed by atoms with Crippen molar-refractivity contribution in [3.05, 3.63) is 63.6 Å². The van der Waals surface area contributed by atoms with Crippen LogP contribution in [0.5, 0.6) is 0 Å². The van der Waals surface area contributed by atoms with Crippen molar-refractivity contribution in [2.75, 3.05) is 5.32 Å². The molecule has 0 heterocycles. The van der Waals surface area contributed by atoms with Crippen molar-refractivity contribution >= 4 is 40.6 Å². The molecule has 0 aliphatic rings. The number of hydrogen-bond donors (Lipinski definition) is 1. The fourth-order valence-corrected chi connectivity index (χ4v) is 2.62. The van der Waals surface area contributed by atoms with Gasteiger partial charge in [0, 0.05) is 15.7 Å². The number of benzene rings is 2. The average molecular weight is 401 g/mol. The highest BCUT2D eigenvalue weighted by molar-refractivity contribution is 6.43. The Bertz CT molecular complexity index is 908.